The van der Waals surface area contributed by atoms with Gasteiger partial charge in [-0.3, -0.25) is 0 Å². The largest absolute Gasteiger partial charge is 0.508 e. The van der Waals surface area contributed by atoms with Crippen molar-refractivity contribution in [3.63, 3.8) is 0 Å². The second kappa shape index (κ2) is 3.32. The molecule has 0 aliphatic heterocycles. The van der Waals surface area contributed by atoms with Crippen LogP contribution in [0.2, 0.25) is 0 Å². The minimum Gasteiger partial charge on any atom is -0.508 e. The molecule has 0 saturated heterocycles. The molecule has 0 radical (unpaired) electrons. The van der Waals surface area contributed by atoms with E-state index >= 15 is 0 Å². The third kappa shape index (κ3) is 2.18. The maximum atomic E-state index is 12.5. The Bertz CT molecular complexity index is 232. The summed E-state index contributed by atoms with van der Waals surface area (Å²) in [6.45, 7) is 0.116. The Morgan fingerprint density at radius 1 is 1.36 bits per heavy atom. The Morgan fingerprint density at radius 3 is 2.64 bits per heavy atom. The van der Waals surface area contributed by atoms with Crippen LogP contribution in [0, 0.1) is 5.82 Å². The third-order valence-corrected chi connectivity index (χ3v) is 1.23. The van der Waals surface area contributed by atoms with E-state index in [0.717, 1.165) is 6.07 Å². The predicted molar refractivity (Wildman–Crippen MR) is 36.7 cm³/mol. The van der Waals surface area contributed by atoms with Crippen LogP contribution in [0.3, 0.4) is 0 Å². The zero-order valence-electron chi connectivity index (χ0n) is 5.71. The fourth-order valence-electron chi connectivity index (χ4n) is 0.827. The first kappa shape index (κ1) is 7.97. The van der Waals surface area contributed by atoms with Gasteiger partial charge in [0.05, 0.1) is 0 Å². The normalized spacial score (nSPS) is 10.0. The highest BCUT2D eigenvalue weighted by molar-refractivity contribution is 5.28. The summed E-state index contributed by atoms with van der Waals surface area (Å²) in [6.07, 6.45) is 0. The highest BCUT2D eigenvalue weighted by Gasteiger charge is 1.97. The van der Waals surface area contributed by atoms with E-state index in [1.165, 1.54) is 12.1 Å². The lowest BCUT2D eigenvalue weighted by Gasteiger charge is -1.99. The quantitative estimate of drug-likeness (QED) is 0.561. The average molecular weight is 157 g/mol. The smallest absolute Gasteiger partial charge is 0.127 e. The van der Waals surface area contributed by atoms with Crippen molar-refractivity contribution in [2.75, 3.05) is 0 Å². The lowest BCUT2D eigenvalue weighted by atomic mass is 10.2. The summed E-state index contributed by atoms with van der Waals surface area (Å²) >= 11 is 0. The van der Waals surface area contributed by atoms with Gasteiger partial charge in [-0.25, -0.2) is 9.87 Å². The van der Waals surface area contributed by atoms with Gasteiger partial charge in [-0.05, 0) is 17.7 Å². The van der Waals surface area contributed by atoms with Crippen molar-refractivity contribution in [2.24, 2.45) is 0 Å². The van der Waals surface area contributed by atoms with Crippen LogP contribution < -0.4 is 5.48 Å². The Labute approximate surface area is 63.1 Å². The molecule has 0 bridgehead atoms. The highest BCUT2D eigenvalue weighted by atomic mass is 19.1. The summed E-state index contributed by atoms with van der Waals surface area (Å²) in [5, 5.41) is 17.1. The third-order valence-electron chi connectivity index (χ3n) is 1.23. The highest BCUT2D eigenvalue weighted by Crippen LogP contribution is 2.13. The van der Waals surface area contributed by atoms with Crippen LogP contribution in [-0.4, -0.2) is 10.3 Å². The minimum absolute atomic E-state index is 0.116. The molecule has 0 aliphatic rings. The van der Waals surface area contributed by atoms with Gasteiger partial charge in [0.1, 0.15) is 11.6 Å². The van der Waals surface area contributed by atoms with Crippen molar-refractivity contribution >= 4 is 0 Å². The summed E-state index contributed by atoms with van der Waals surface area (Å²) in [5.74, 6) is -0.662. The molecule has 0 amide bonds. The predicted octanol–water partition coefficient (Wildman–Crippen LogP) is 1.01. The van der Waals surface area contributed by atoms with Crippen LogP contribution in [-0.2, 0) is 6.54 Å². The Morgan fingerprint density at radius 2 is 2.09 bits per heavy atom. The van der Waals surface area contributed by atoms with E-state index in [1.807, 2.05) is 5.48 Å². The molecule has 1 aromatic rings. The van der Waals surface area contributed by atoms with Gasteiger partial charge in [-0.2, -0.15) is 0 Å². The lowest BCUT2D eigenvalue weighted by molar-refractivity contribution is 0.161. The van der Waals surface area contributed by atoms with E-state index in [9.17, 15) is 4.39 Å². The standard InChI is InChI=1S/C7H8FNO2/c8-6-1-5(4-9-11)2-7(10)3-6/h1-3,9-11H,4H2. The zero-order valence-corrected chi connectivity index (χ0v) is 5.71. The monoisotopic (exact) mass is 157 g/mol. The van der Waals surface area contributed by atoms with Gasteiger partial charge < -0.3 is 10.3 Å². The fourth-order valence-corrected chi connectivity index (χ4v) is 0.827. The molecule has 0 fully saturated rings. The first-order chi connectivity index (χ1) is 5.22. The van der Waals surface area contributed by atoms with Crippen molar-refractivity contribution in [1.29, 1.82) is 0 Å². The van der Waals surface area contributed by atoms with Gasteiger partial charge >= 0.3 is 0 Å². The SMILES string of the molecule is ONCc1cc(O)cc(F)c1. The summed E-state index contributed by atoms with van der Waals surface area (Å²) < 4.78 is 12.5. The Hall–Kier alpha value is -1.13. The van der Waals surface area contributed by atoms with Crippen molar-refractivity contribution < 1.29 is 14.7 Å². The van der Waals surface area contributed by atoms with E-state index < -0.39 is 5.82 Å². The number of hydrogen-bond acceptors (Lipinski definition) is 3. The van der Waals surface area contributed by atoms with Crippen molar-refractivity contribution in [3.05, 3.63) is 29.6 Å². The number of halogens is 1. The Kier molecular flexibility index (Phi) is 2.40. The van der Waals surface area contributed by atoms with Gasteiger partial charge in [0.15, 0.2) is 0 Å². The molecule has 3 nitrogen and oxygen atoms in total. The molecular weight excluding hydrogens is 149 g/mol. The number of aromatic hydroxyl groups is 1. The molecule has 1 rings (SSSR count). The molecule has 60 valence electrons. The summed E-state index contributed by atoms with van der Waals surface area (Å²) in [6, 6.07) is 3.59. The molecule has 0 aliphatic carbocycles. The minimum atomic E-state index is -0.518. The van der Waals surface area contributed by atoms with E-state index in [2.05, 4.69) is 0 Å². The molecule has 0 saturated carbocycles. The van der Waals surface area contributed by atoms with Crippen molar-refractivity contribution in [3.8, 4) is 5.75 Å². The van der Waals surface area contributed by atoms with E-state index in [-0.39, 0.29) is 12.3 Å². The van der Waals surface area contributed by atoms with Crippen LogP contribution in [0.25, 0.3) is 0 Å². The van der Waals surface area contributed by atoms with Crippen molar-refractivity contribution in [2.45, 2.75) is 6.54 Å². The van der Waals surface area contributed by atoms with Gasteiger partial charge in [-0.15, -0.1) is 0 Å². The van der Waals surface area contributed by atoms with Crippen molar-refractivity contribution in [1.82, 2.24) is 5.48 Å². The molecule has 0 aromatic heterocycles. The average Bonchev–Trinajstić information content (AvgIpc) is 1.85. The van der Waals surface area contributed by atoms with Gasteiger partial charge in [0.2, 0.25) is 0 Å². The molecule has 0 unspecified atom stereocenters. The number of hydrogen-bond donors (Lipinski definition) is 3. The van der Waals surface area contributed by atoms with Crippen LogP contribution in [0.4, 0.5) is 4.39 Å². The topological polar surface area (TPSA) is 52.5 Å². The Balaban J connectivity index is 2.89. The lowest BCUT2D eigenvalue weighted by Crippen LogP contribution is -2.05. The van der Waals surface area contributed by atoms with Gasteiger partial charge in [-0.1, -0.05) is 0 Å². The first-order valence-electron chi connectivity index (χ1n) is 3.08. The molecule has 1 aromatic carbocycles. The molecule has 3 N–H and O–H groups in total. The number of rotatable bonds is 2. The zero-order chi connectivity index (χ0) is 8.27. The van der Waals surface area contributed by atoms with Crippen LogP contribution in [0.1, 0.15) is 5.56 Å². The molecule has 0 heterocycles. The fraction of sp³-hybridized carbons (Fsp3) is 0.143. The van der Waals surface area contributed by atoms with Gasteiger partial charge in [0, 0.05) is 12.6 Å². The first-order valence-corrected chi connectivity index (χ1v) is 3.08. The van der Waals surface area contributed by atoms with Crippen LogP contribution in [0.15, 0.2) is 18.2 Å². The maximum Gasteiger partial charge on any atom is 0.127 e. The van der Waals surface area contributed by atoms with E-state index in [4.69, 9.17) is 10.3 Å². The summed E-state index contributed by atoms with van der Waals surface area (Å²) in [7, 11) is 0. The van der Waals surface area contributed by atoms with Crippen LogP contribution in [0.5, 0.6) is 5.75 Å². The van der Waals surface area contributed by atoms with E-state index in [0.29, 0.717) is 5.56 Å². The second-order valence-electron chi connectivity index (χ2n) is 2.15. The molecule has 4 heteroatoms. The van der Waals surface area contributed by atoms with Crippen LogP contribution >= 0.6 is 0 Å². The number of nitrogens with one attached hydrogen (secondary N) is 1. The molecule has 11 heavy (non-hydrogen) atoms. The number of benzene rings is 1. The number of phenols is 1. The van der Waals surface area contributed by atoms with E-state index in [1.54, 1.807) is 0 Å². The second-order valence-corrected chi connectivity index (χ2v) is 2.15. The maximum absolute atomic E-state index is 12.5. The molecule has 0 spiro atoms. The summed E-state index contributed by atoms with van der Waals surface area (Å²) in [5.41, 5.74) is 2.35. The summed E-state index contributed by atoms with van der Waals surface area (Å²) in [4.78, 5) is 0. The number of hydroxylamine groups is 1. The number of phenolic OH excluding ortho intramolecular Hbond substituents is 1. The molecule has 0 atom stereocenters. The molecular formula is C7H8FNO2. The van der Waals surface area contributed by atoms with Gasteiger partial charge in [0.25, 0.3) is 0 Å².